The lowest BCUT2D eigenvalue weighted by atomic mass is 9.91. The first-order valence-electron chi connectivity index (χ1n) is 30.4. The van der Waals surface area contributed by atoms with E-state index in [0.29, 0.717) is 32.7 Å². The Morgan fingerprint density at radius 3 is 1.22 bits per heavy atom. The molecule has 1 aliphatic heterocycles. The van der Waals surface area contributed by atoms with Crippen molar-refractivity contribution in [3.05, 3.63) is 0 Å². The molecule has 1 aliphatic rings. The SMILES string of the molecule is CCCCCCCCC(CCCCCC)C(=O)OCCCCCCCC(CCCCCCCOC(=O)C(CCCCCC)CCCCCCCC)CC(=O)N(CCCN1CCCCC1)C(=O)NCC. The van der Waals surface area contributed by atoms with E-state index in [1.165, 1.54) is 127 Å². The lowest BCUT2D eigenvalue weighted by Crippen LogP contribution is -2.45. The monoisotopic (exact) mass is 974 g/mol. The molecule has 3 amide bonds. The summed E-state index contributed by atoms with van der Waals surface area (Å²) in [5.41, 5.74) is 0. The number of hydrogen-bond donors (Lipinski definition) is 1. The Morgan fingerprint density at radius 1 is 0.449 bits per heavy atom. The normalized spacial score (nSPS) is 14.3. The van der Waals surface area contributed by atoms with Crippen LogP contribution >= 0.6 is 0 Å². The van der Waals surface area contributed by atoms with E-state index < -0.39 is 0 Å². The number of likely N-dealkylation sites (tertiary alicyclic amines) is 1. The van der Waals surface area contributed by atoms with Crippen molar-refractivity contribution in [3.8, 4) is 0 Å². The van der Waals surface area contributed by atoms with Crippen LogP contribution < -0.4 is 5.32 Å². The molecule has 1 N–H and O–H groups in total. The number of urea groups is 1. The van der Waals surface area contributed by atoms with Crippen LogP contribution in [-0.4, -0.2) is 79.6 Å². The molecule has 406 valence electrons. The van der Waals surface area contributed by atoms with Gasteiger partial charge in [0, 0.05) is 19.5 Å². The quantitative estimate of drug-likeness (QED) is 0.0478. The number of ether oxygens (including phenoxy) is 2. The molecule has 2 unspecified atom stereocenters. The first-order valence-corrected chi connectivity index (χ1v) is 30.4. The zero-order chi connectivity index (χ0) is 50.3. The van der Waals surface area contributed by atoms with Crippen LogP contribution in [0.25, 0.3) is 0 Å². The van der Waals surface area contributed by atoms with Crippen molar-refractivity contribution in [1.82, 2.24) is 15.1 Å². The Kier molecular flexibility index (Phi) is 45.2. The van der Waals surface area contributed by atoms with E-state index in [1.807, 2.05) is 6.92 Å². The molecule has 0 saturated carbocycles. The Hall–Kier alpha value is -2.16. The predicted molar refractivity (Wildman–Crippen MR) is 292 cm³/mol. The van der Waals surface area contributed by atoms with Gasteiger partial charge >= 0.3 is 18.0 Å². The number of amides is 3. The predicted octanol–water partition coefficient (Wildman–Crippen LogP) is 16.9. The maximum absolute atomic E-state index is 13.9. The molecular weight excluding hydrogens is 859 g/mol. The van der Waals surface area contributed by atoms with E-state index in [0.717, 1.165) is 154 Å². The fourth-order valence-electron chi connectivity index (χ4n) is 10.4. The molecule has 1 fully saturated rings. The van der Waals surface area contributed by atoms with Crippen LogP contribution in [0.4, 0.5) is 4.79 Å². The highest BCUT2D eigenvalue weighted by atomic mass is 16.5. The number of carbonyl (C=O) groups is 4. The van der Waals surface area contributed by atoms with Gasteiger partial charge < -0.3 is 19.7 Å². The number of unbranched alkanes of at least 4 members (excludes halogenated alkanes) is 24. The number of esters is 2. The third-order valence-electron chi connectivity index (χ3n) is 14.9. The van der Waals surface area contributed by atoms with E-state index in [1.54, 1.807) is 0 Å². The summed E-state index contributed by atoms with van der Waals surface area (Å²) in [6.45, 7) is 16.1. The van der Waals surface area contributed by atoms with Crippen LogP contribution in [0.2, 0.25) is 0 Å². The fraction of sp³-hybridized carbons (Fsp3) is 0.933. The zero-order valence-electron chi connectivity index (χ0n) is 46.5. The molecule has 2 atom stereocenters. The Labute approximate surface area is 427 Å². The average Bonchev–Trinajstić information content (AvgIpc) is 3.35. The Morgan fingerprint density at radius 2 is 0.812 bits per heavy atom. The number of carbonyl (C=O) groups excluding carboxylic acids is 4. The van der Waals surface area contributed by atoms with Gasteiger partial charge in [0.1, 0.15) is 0 Å². The van der Waals surface area contributed by atoms with Crippen LogP contribution in [-0.2, 0) is 23.9 Å². The molecule has 1 rings (SSSR count). The summed E-state index contributed by atoms with van der Waals surface area (Å²) in [6, 6.07) is -0.253. The number of imide groups is 1. The number of nitrogens with one attached hydrogen (secondary N) is 1. The molecule has 0 aromatic carbocycles. The first kappa shape index (κ1) is 64.9. The van der Waals surface area contributed by atoms with E-state index in [2.05, 4.69) is 37.9 Å². The topological polar surface area (TPSA) is 105 Å². The minimum absolute atomic E-state index is 0.0277. The standard InChI is InChI=1S/C60H115N3O6/c1-6-11-15-19-25-34-45-55(43-32-17-13-8-3)58(65)68-51-38-27-21-23-30-41-54(53-57(64)63(60(67)61-10-5)50-40-49-62-47-36-29-37-48-62)42-31-24-22-28-39-52-69-59(66)56(44-33-18-14-9-4)46-35-26-20-16-12-7-2/h54-56H,6-53H2,1-5H3,(H,61,67). The van der Waals surface area contributed by atoms with Crippen molar-refractivity contribution in [2.75, 3.05) is 45.9 Å². The molecular formula is C60H115N3O6. The zero-order valence-corrected chi connectivity index (χ0v) is 46.5. The summed E-state index contributed by atoms with van der Waals surface area (Å²) in [7, 11) is 0. The molecule has 1 heterocycles. The van der Waals surface area contributed by atoms with Gasteiger partial charge in [0.2, 0.25) is 5.91 Å². The molecule has 0 aromatic heterocycles. The van der Waals surface area contributed by atoms with Crippen LogP contribution in [0.3, 0.4) is 0 Å². The van der Waals surface area contributed by atoms with Gasteiger partial charge in [0.25, 0.3) is 0 Å². The van der Waals surface area contributed by atoms with Gasteiger partial charge in [-0.25, -0.2) is 4.79 Å². The molecule has 0 aromatic rings. The van der Waals surface area contributed by atoms with Crippen LogP contribution in [0.1, 0.15) is 298 Å². The summed E-state index contributed by atoms with van der Waals surface area (Å²) < 4.78 is 11.8. The van der Waals surface area contributed by atoms with E-state index in [9.17, 15) is 19.2 Å². The number of rotatable bonds is 49. The average molecular weight is 975 g/mol. The van der Waals surface area contributed by atoms with Gasteiger partial charge in [-0.15, -0.1) is 0 Å². The number of piperidine rings is 1. The second-order valence-electron chi connectivity index (χ2n) is 21.4. The van der Waals surface area contributed by atoms with Gasteiger partial charge in [-0.3, -0.25) is 19.3 Å². The van der Waals surface area contributed by atoms with Crippen LogP contribution in [0.5, 0.6) is 0 Å². The van der Waals surface area contributed by atoms with Crippen LogP contribution in [0, 0.1) is 17.8 Å². The second-order valence-corrected chi connectivity index (χ2v) is 21.4. The molecule has 9 heteroatoms. The van der Waals surface area contributed by atoms with E-state index in [4.69, 9.17) is 9.47 Å². The number of hydrogen-bond acceptors (Lipinski definition) is 7. The summed E-state index contributed by atoms with van der Waals surface area (Å²) in [5, 5.41) is 2.92. The van der Waals surface area contributed by atoms with Crippen molar-refractivity contribution in [3.63, 3.8) is 0 Å². The van der Waals surface area contributed by atoms with Crippen LogP contribution in [0.15, 0.2) is 0 Å². The highest BCUT2D eigenvalue weighted by Crippen LogP contribution is 2.25. The third-order valence-corrected chi connectivity index (χ3v) is 14.9. The largest absolute Gasteiger partial charge is 0.465 e. The van der Waals surface area contributed by atoms with E-state index >= 15 is 0 Å². The van der Waals surface area contributed by atoms with Crippen molar-refractivity contribution >= 4 is 23.9 Å². The van der Waals surface area contributed by atoms with E-state index in [-0.39, 0.29) is 41.6 Å². The van der Waals surface area contributed by atoms with Gasteiger partial charge in [0.05, 0.1) is 25.0 Å². The minimum atomic E-state index is -0.253. The third kappa shape index (κ3) is 37.3. The first-order chi connectivity index (χ1) is 33.8. The van der Waals surface area contributed by atoms with Crippen molar-refractivity contribution in [1.29, 1.82) is 0 Å². The Balaban J connectivity index is 2.66. The van der Waals surface area contributed by atoms with Gasteiger partial charge in [-0.2, -0.15) is 0 Å². The molecule has 0 spiro atoms. The maximum atomic E-state index is 13.9. The second kappa shape index (κ2) is 48.1. The summed E-state index contributed by atoms with van der Waals surface area (Å²) >= 11 is 0. The lowest BCUT2D eigenvalue weighted by molar-refractivity contribution is -0.150. The molecule has 0 aliphatic carbocycles. The van der Waals surface area contributed by atoms with Gasteiger partial charge in [0.15, 0.2) is 0 Å². The molecule has 9 nitrogen and oxygen atoms in total. The Bertz CT molecular complexity index is 1130. The highest BCUT2D eigenvalue weighted by molar-refractivity contribution is 5.94. The van der Waals surface area contributed by atoms with Gasteiger partial charge in [-0.05, 0) is 103 Å². The van der Waals surface area contributed by atoms with Gasteiger partial charge in [-0.1, -0.05) is 214 Å². The molecule has 0 radical (unpaired) electrons. The smallest absolute Gasteiger partial charge is 0.324 e. The molecule has 1 saturated heterocycles. The summed E-state index contributed by atoms with van der Waals surface area (Å²) in [6.07, 6.45) is 45.8. The summed E-state index contributed by atoms with van der Waals surface area (Å²) in [4.78, 5) is 57.5. The molecule has 0 bridgehead atoms. The van der Waals surface area contributed by atoms with Crippen molar-refractivity contribution < 1.29 is 28.7 Å². The molecule has 69 heavy (non-hydrogen) atoms. The van der Waals surface area contributed by atoms with Crippen molar-refractivity contribution in [2.24, 2.45) is 17.8 Å². The minimum Gasteiger partial charge on any atom is -0.465 e. The number of nitrogens with zero attached hydrogens (tertiary/aromatic N) is 2. The van der Waals surface area contributed by atoms with Crippen molar-refractivity contribution in [2.45, 2.75) is 298 Å². The fourth-order valence-corrected chi connectivity index (χ4v) is 10.4. The maximum Gasteiger partial charge on any atom is 0.324 e. The summed E-state index contributed by atoms with van der Waals surface area (Å²) in [5.74, 6) is 0.380. The highest BCUT2D eigenvalue weighted by Gasteiger charge is 2.25. The lowest BCUT2D eigenvalue weighted by Gasteiger charge is -2.28.